The number of hydrogen-bond acceptors (Lipinski definition) is 5. The van der Waals surface area contributed by atoms with Crippen LogP contribution in [0.3, 0.4) is 0 Å². The summed E-state index contributed by atoms with van der Waals surface area (Å²) in [6.07, 6.45) is 60.4. The predicted molar refractivity (Wildman–Crippen MR) is 261 cm³/mol. The van der Waals surface area contributed by atoms with Crippen LogP contribution < -0.4 is 0 Å². The van der Waals surface area contributed by atoms with E-state index in [1.807, 2.05) is 0 Å². The first kappa shape index (κ1) is 58.4. The molecule has 0 rings (SSSR count). The maximum absolute atomic E-state index is 12.8. The zero-order valence-corrected chi connectivity index (χ0v) is 40.7. The highest BCUT2D eigenvalue weighted by Crippen LogP contribution is 2.16. The third-order valence-electron chi connectivity index (χ3n) is 12.0. The van der Waals surface area contributed by atoms with Gasteiger partial charge in [0.15, 0.2) is 6.10 Å². The van der Waals surface area contributed by atoms with Crippen molar-refractivity contribution in [3.63, 3.8) is 0 Å². The van der Waals surface area contributed by atoms with E-state index >= 15 is 0 Å². The minimum absolute atomic E-state index is 0.0889. The Bertz CT molecular complexity index is 913. The summed E-state index contributed by atoms with van der Waals surface area (Å²) in [6.45, 7) is 7.85. The van der Waals surface area contributed by atoms with Gasteiger partial charge < -0.3 is 14.2 Å². The molecule has 0 aliphatic rings. The van der Waals surface area contributed by atoms with Gasteiger partial charge in [-0.15, -0.1) is 0 Å². The minimum atomic E-state index is -0.531. The van der Waals surface area contributed by atoms with Crippen LogP contribution in [0, 0.1) is 0 Å². The van der Waals surface area contributed by atoms with E-state index in [0.29, 0.717) is 26.1 Å². The second kappa shape index (κ2) is 51.7. The van der Waals surface area contributed by atoms with E-state index in [2.05, 4.69) is 45.1 Å². The van der Waals surface area contributed by atoms with Crippen LogP contribution in [0.5, 0.6) is 0 Å². The van der Waals surface area contributed by atoms with Gasteiger partial charge in [0, 0.05) is 19.4 Å². The number of ether oxygens (including phenoxy) is 3. The molecule has 0 aliphatic heterocycles. The number of allylic oxidation sites excluding steroid dienone is 4. The summed E-state index contributed by atoms with van der Waals surface area (Å²) < 4.78 is 17.4. The van der Waals surface area contributed by atoms with E-state index in [1.54, 1.807) is 0 Å². The van der Waals surface area contributed by atoms with Crippen molar-refractivity contribution in [2.75, 3.05) is 19.8 Å². The Kier molecular flexibility index (Phi) is 50.3. The lowest BCUT2D eigenvalue weighted by Crippen LogP contribution is -2.30. The van der Waals surface area contributed by atoms with Crippen LogP contribution in [0.15, 0.2) is 24.3 Å². The van der Waals surface area contributed by atoms with Crippen LogP contribution in [0.2, 0.25) is 0 Å². The lowest BCUT2D eigenvalue weighted by atomic mass is 10.0. The van der Waals surface area contributed by atoms with Crippen LogP contribution in [0.25, 0.3) is 0 Å². The topological polar surface area (TPSA) is 61.8 Å². The second-order valence-electron chi connectivity index (χ2n) is 18.1. The van der Waals surface area contributed by atoms with E-state index < -0.39 is 6.10 Å². The smallest absolute Gasteiger partial charge is 0.306 e. The molecule has 0 aromatic rings. The molecular weight excluding hydrogens is 741 g/mol. The molecule has 0 N–H and O–H groups in total. The molecule has 0 heterocycles. The molecule has 0 fully saturated rings. The summed E-state index contributed by atoms with van der Waals surface area (Å²) in [7, 11) is 0. The molecule has 0 spiro atoms. The van der Waals surface area contributed by atoms with Crippen LogP contribution >= 0.6 is 0 Å². The number of carbonyl (C=O) groups is 2. The summed E-state index contributed by atoms with van der Waals surface area (Å²) in [5, 5.41) is 0. The fourth-order valence-electron chi connectivity index (χ4n) is 7.95. The Morgan fingerprint density at radius 1 is 0.367 bits per heavy atom. The van der Waals surface area contributed by atoms with Crippen molar-refractivity contribution in [1.82, 2.24) is 0 Å². The first-order chi connectivity index (χ1) is 29.6. The number of unbranched alkanes of at least 4 members (excludes halogenated alkanes) is 35. The number of carbonyl (C=O) groups excluding carboxylic acids is 2. The number of rotatable bonds is 50. The van der Waals surface area contributed by atoms with Crippen molar-refractivity contribution >= 4 is 11.9 Å². The highest BCUT2D eigenvalue weighted by molar-refractivity contribution is 5.70. The van der Waals surface area contributed by atoms with Gasteiger partial charge in [-0.2, -0.15) is 0 Å². The average Bonchev–Trinajstić information content (AvgIpc) is 3.25. The first-order valence-electron chi connectivity index (χ1n) is 26.9. The Labute approximate surface area is 375 Å². The Balaban J connectivity index is 4.21. The molecule has 0 saturated heterocycles. The van der Waals surface area contributed by atoms with Gasteiger partial charge in [0.1, 0.15) is 6.61 Å². The van der Waals surface area contributed by atoms with Gasteiger partial charge in [0.05, 0.1) is 6.61 Å². The van der Waals surface area contributed by atoms with Crippen molar-refractivity contribution in [2.45, 2.75) is 297 Å². The van der Waals surface area contributed by atoms with Gasteiger partial charge in [0.25, 0.3) is 0 Å². The van der Waals surface area contributed by atoms with Crippen LogP contribution in [-0.2, 0) is 23.8 Å². The normalized spacial score (nSPS) is 12.2. The molecule has 0 aliphatic carbocycles. The molecule has 1 unspecified atom stereocenters. The maximum atomic E-state index is 12.8. The van der Waals surface area contributed by atoms with E-state index in [0.717, 1.165) is 38.5 Å². The molecule has 354 valence electrons. The van der Waals surface area contributed by atoms with E-state index in [1.165, 1.54) is 218 Å². The molecule has 0 aromatic heterocycles. The number of esters is 2. The highest BCUT2D eigenvalue weighted by Gasteiger charge is 2.17. The quantitative estimate of drug-likeness (QED) is 0.0347. The third-order valence-corrected chi connectivity index (χ3v) is 12.0. The van der Waals surface area contributed by atoms with Crippen molar-refractivity contribution in [3.8, 4) is 0 Å². The van der Waals surface area contributed by atoms with Crippen molar-refractivity contribution < 1.29 is 23.8 Å². The predicted octanol–water partition coefficient (Wildman–Crippen LogP) is 18.0. The van der Waals surface area contributed by atoms with Crippen LogP contribution in [0.4, 0.5) is 0 Å². The van der Waals surface area contributed by atoms with Gasteiger partial charge in [-0.25, -0.2) is 0 Å². The van der Waals surface area contributed by atoms with Crippen LogP contribution in [0.1, 0.15) is 290 Å². The van der Waals surface area contributed by atoms with E-state index in [-0.39, 0.29) is 18.5 Å². The Morgan fingerprint density at radius 2 is 0.700 bits per heavy atom. The number of hydrogen-bond donors (Lipinski definition) is 0. The molecule has 0 saturated carbocycles. The standard InChI is InChI=1S/C55H104O5/c1-4-7-10-13-16-19-22-25-27-28-30-31-33-36-39-42-45-48-54(56)59-52-53(51-58-50-47-44-41-38-35-24-21-18-15-12-9-6-3)60-55(57)49-46-43-40-37-34-32-29-26-23-20-17-14-11-8-5-2/h16,19,25,27,53H,4-15,17-18,20-24,26,28-52H2,1-3H3/b19-16-,27-25-. The lowest BCUT2D eigenvalue weighted by molar-refractivity contribution is -0.163. The summed E-state index contributed by atoms with van der Waals surface area (Å²) in [6, 6.07) is 0. The summed E-state index contributed by atoms with van der Waals surface area (Å²) in [5.74, 6) is -0.386. The molecule has 0 bridgehead atoms. The molecule has 5 nitrogen and oxygen atoms in total. The molecule has 0 amide bonds. The molecule has 0 radical (unpaired) electrons. The zero-order valence-electron chi connectivity index (χ0n) is 40.7. The Morgan fingerprint density at radius 3 is 1.13 bits per heavy atom. The van der Waals surface area contributed by atoms with Gasteiger partial charge in [0.2, 0.25) is 0 Å². The summed E-state index contributed by atoms with van der Waals surface area (Å²) in [4.78, 5) is 25.4. The molecule has 60 heavy (non-hydrogen) atoms. The van der Waals surface area contributed by atoms with Gasteiger partial charge in [-0.05, 0) is 51.4 Å². The van der Waals surface area contributed by atoms with Crippen molar-refractivity contribution in [1.29, 1.82) is 0 Å². The SMILES string of the molecule is CCCCC/C=C\C/C=C\CCCCCCCCCC(=O)OCC(COCCCCCCCCCCCCCC)OC(=O)CCCCCCCCCCCCCCCCC. The van der Waals surface area contributed by atoms with Gasteiger partial charge >= 0.3 is 11.9 Å². The molecule has 1 atom stereocenters. The van der Waals surface area contributed by atoms with E-state index in [9.17, 15) is 9.59 Å². The monoisotopic (exact) mass is 845 g/mol. The molecule has 5 heteroatoms. The van der Waals surface area contributed by atoms with Gasteiger partial charge in [-0.3, -0.25) is 9.59 Å². The largest absolute Gasteiger partial charge is 0.462 e. The third kappa shape index (κ3) is 49.0. The van der Waals surface area contributed by atoms with Crippen molar-refractivity contribution in [3.05, 3.63) is 24.3 Å². The average molecular weight is 845 g/mol. The van der Waals surface area contributed by atoms with E-state index in [4.69, 9.17) is 14.2 Å². The Hall–Kier alpha value is -1.62. The zero-order chi connectivity index (χ0) is 43.5. The lowest BCUT2D eigenvalue weighted by Gasteiger charge is -2.18. The summed E-state index contributed by atoms with van der Waals surface area (Å²) in [5.41, 5.74) is 0. The molecule has 0 aromatic carbocycles. The van der Waals surface area contributed by atoms with Gasteiger partial charge in [-0.1, -0.05) is 251 Å². The maximum Gasteiger partial charge on any atom is 0.306 e. The fourth-order valence-corrected chi connectivity index (χ4v) is 7.95. The first-order valence-corrected chi connectivity index (χ1v) is 26.9. The highest BCUT2D eigenvalue weighted by atomic mass is 16.6. The fraction of sp³-hybridized carbons (Fsp3) is 0.891. The van der Waals surface area contributed by atoms with Crippen LogP contribution in [-0.4, -0.2) is 37.9 Å². The molecular formula is C55H104O5. The summed E-state index contributed by atoms with van der Waals surface area (Å²) >= 11 is 0. The minimum Gasteiger partial charge on any atom is -0.462 e. The van der Waals surface area contributed by atoms with Crippen molar-refractivity contribution in [2.24, 2.45) is 0 Å². The second-order valence-corrected chi connectivity index (χ2v) is 18.1.